The molecule has 1 aliphatic rings. The molecule has 1 atom stereocenters. The van der Waals surface area contributed by atoms with E-state index in [-0.39, 0.29) is 6.04 Å². The Labute approximate surface area is 136 Å². The number of allylic oxidation sites excluding steroid dienone is 1. The molecule has 0 aromatic carbocycles. The molecule has 120 valence electrons. The van der Waals surface area contributed by atoms with Gasteiger partial charge in [0.2, 0.25) is 0 Å². The summed E-state index contributed by atoms with van der Waals surface area (Å²) in [7, 11) is 1.69. The van der Waals surface area contributed by atoms with Crippen LogP contribution in [0.15, 0.2) is 28.8 Å². The van der Waals surface area contributed by atoms with Crippen molar-refractivity contribution in [2.45, 2.75) is 33.4 Å². The average Bonchev–Trinajstić information content (AvgIpc) is 2.77. The summed E-state index contributed by atoms with van der Waals surface area (Å²) in [4.78, 5) is 4.55. The number of nitrogens with one attached hydrogen (secondary N) is 1. The molecule has 0 fully saturated rings. The van der Waals surface area contributed by atoms with Crippen LogP contribution in [0.25, 0.3) is 0 Å². The maximum atomic E-state index is 5.10. The number of aryl methyl sites for hydroxylation is 1. The van der Waals surface area contributed by atoms with Crippen molar-refractivity contribution >= 4 is 22.6 Å². The average molecular weight is 320 g/mol. The first-order valence-electron chi connectivity index (χ1n) is 7.37. The minimum absolute atomic E-state index is 0.134. The second-order valence-electron chi connectivity index (χ2n) is 5.38. The molecule has 6 heteroatoms. The van der Waals surface area contributed by atoms with E-state index in [1.807, 2.05) is 13.0 Å². The van der Waals surface area contributed by atoms with Gasteiger partial charge in [-0.05, 0) is 26.8 Å². The van der Waals surface area contributed by atoms with Crippen molar-refractivity contribution in [3.05, 3.63) is 35.7 Å². The molecule has 0 aliphatic carbocycles. The van der Waals surface area contributed by atoms with E-state index < -0.39 is 0 Å². The summed E-state index contributed by atoms with van der Waals surface area (Å²) in [5.74, 6) is 0.823. The van der Waals surface area contributed by atoms with E-state index in [1.165, 1.54) is 17.0 Å². The summed E-state index contributed by atoms with van der Waals surface area (Å²) in [5.41, 5.74) is 7.78. The van der Waals surface area contributed by atoms with Crippen LogP contribution in [-0.2, 0) is 11.3 Å². The Morgan fingerprint density at radius 1 is 1.59 bits per heavy atom. The number of rotatable bonds is 6. The molecule has 1 aromatic rings. The van der Waals surface area contributed by atoms with Gasteiger partial charge in [0.25, 0.3) is 0 Å². The number of aliphatic imine (C=N–C) groups is 1. The van der Waals surface area contributed by atoms with Crippen molar-refractivity contribution in [2.75, 3.05) is 19.5 Å². The van der Waals surface area contributed by atoms with Crippen LogP contribution >= 0.6 is 11.8 Å². The predicted octanol–water partition coefficient (Wildman–Crippen LogP) is 2.72. The fourth-order valence-electron chi connectivity index (χ4n) is 2.50. The third kappa shape index (κ3) is 3.81. The van der Waals surface area contributed by atoms with Gasteiger partial charge in [0, 0.05) is 36.4 Å². The number of aromatic nitrogens is 1. The van der Waals surface area contributed by atoms with Crippen molar-refractivity contribution in [3.63, 3.8) is 0 Å². The van der Waals surface area contributed by atoms with Crippen LogP contribution in [0.2, 0.25) is 0 Å². The lowest BCUT2D eigenvalue weighted by Gasteiger charge is -2.16. The van der Waals surface area contributed by atoms with Gasteiger partial charge in [0.15, 0.2) is 5.17 Å². The first kappa shape index (κ1) is 16.8. The monoisotopic (exact) mass is 320 g/mol. The van der Waals surface area contributed by atoms with Gasteiger partial charge in [-0.15, -0.1) is 6.58 Å². The van der Waals surface area contributed by atoms with Crippen molar-refractivity contribution in [2.24, 2.45) is 10.1 Å². The summed E-state index contributed by atoms with van der Waals surface area (Å²) in [6.45, 7) is 11.5. The highest BCUT2D eigenvalue weighted by molar-refractivity contribution is 8.14. The lowest BCUT2D eigenvalue weighted by molar-refractivity contribution is 0.186. The molecule has 0 radical (unpaired) electrons. The molecule has 2 heterocycles. The van der Waals surface area contributed by atoms with Gasteiger partial charge < -0.3 is 9.30 Å². The number of nitrogens with zero attached hydrogens (tertiary/aromatic N) is 3. The van der Waals surface area contributed by atoms with Crippen LogP contribution in [0.1, 0.15) is 23.9 Å². The normalized spacial score (nSPS) is 18.0. The van der Waals surface area contributed by atoms with E-state index in [0.717, 1.165) is 23.2 Å². The summed E-state index contributed by atoms with van der Waals surface area (Å²) >= 11 is 1.68. The standard InChI is InChI=1S/C16H24N4OS/c1-6-7-20-12(3)8-14(13(20)4)15-10-22-16(19-18-15)17-11(2)9-21-5/h6,8,11H,1,7,9-10H2,2-5H3,(H,17,19)/t11-/m0/s1. The number of ether oxygens (including phenoxy) is 1. The number of hydrazone groups is 1. The Balaban J connectivity index is 2.14. The van der Waals surface area contributed by atoms with E-state index >= 15 is 0 Å². The van der Waals surface area contributed by atoms with Crippen LogP contribution in [0.4, 0.5) is 0 Å². The van der Waals surface area contributed by atoms with Gasteiger partial charge in [0.05, 0.1) is 18.4 Å². The molecule has 0 bridgehead atoms. The summed E-state index contributed by atoms with van der Waals surface area (Å²) < 4.78 is 7.35. The molecule has 1 aliphatic heterocycles. The van der Waals surface area contributed by atoms with E-state index in [9.17, 15) is 0 Å². The molecule has 2 rings (SSSR count). The van der Waals surface area contributed by atoms with E-state index in [2.05, 4.69) is 46.6 Å². The van der Waals surface area contributed by atoms with Gasteiger partial charge in [0.1, 0.15) is 0 Å². The van der Waals surface area contributed by atoms with E-state index in [1.54, 1.807) is 18.9 Å². The maximum absolute atomic E-state index is 5.10. The fraction of sp³-hybridized carbons (Fsp3) is 0.500. The SMILES string of the molecule is C=CCn1c(C)cc(C2=NNC(=N[C@@H](C)COC)SC2)c1C. The molecule has 0 unspecified atom stereocenters. The molecular formula is C16H24N4OS. The van der Waals surface area contributed by atoms with Gasteiger partial charge in [-0.25, -0.2) is 0 Å². The number of thioether (sulfide) groups is 1. The Morgan fingerprint density at radius 3 is 2.95 bits per heavy atom. The van der Waals surface area contributed by atoms with Crippen molar-refractivity contribution in [1.82, 2.24) is 9.99 Å². The van der Waals surface area contributed by atoms with E-state index in [4.69, 9.17) is 4.74 Å². The minimum Gasteiger partial charge on any atom is -0.382 e. The predicted molar refractivity (Wildman–Crippen MR) is 95.0 cm³/mol. The molecule has 1 aromatic heterocycles. The highest BCUT2D eigenvalue weighted by Crippen LogP contribution is 2.20. The molecule has 5 nitrogen and oxygen atoms in total. The largest absolute Gasteiger partial charge is 0.382 e. The topological polar surface area (TPSA) is 50.9 Å². The van der Waals surface area contributed by atoms with Crippen molar-refractivity contribution in [3.8, 4) is 0 Å². The first-order valence-corrected chi connectivity index (χ1v) is 8.35. The molecule has 22 heavy (non-hydrogen) atoms. The highest BCUT2D eigenvalue weighted by Gasteiger charge is 2.18. The number of methoxy groups -OCH3 is 1. The molecule has 0 spiro atoms. The highest BCUT2D eigenvalue weighted by atomic mass is 32.2. The number of hydrogen-bond acceptors (Lipinski definition) is 4. The first-order chi connectivity index (χ1) is 10.6. The Hall–Kier alpha value is -1.53. The lowest BCUT2D eigenvalue weighted by Crippen LogP contribution is -2.27. The summed E-state index contributed by atoms with van der Waals surface area (Å²) in [6, 6.07) is 2.32. The Morgan fingerprint density at radius 2 is 2.36 bits per heavy atom. The van der Waals surface area contributed by atoms with Crippen LogP contribution in [0, 0.1) is 13.8 Å². The number of amidine groups is 1. The molecule has 1 N–H and O–H groups in total. The number of hydrogen-bond donors (Lipinski definition) is 1. The molecule has 0 amide bonds. The summed E-state index contributed by atoms with van der Waals surface area (Å²) in [5, 5.41) is 5.36. The van der Waals surface area contributed by atoms with Crippen molar-refractivity contribution < 1.29 is 4.74 Å². The van der Waals surface area contributed by atoms with Crippen molar-refractivity contribution in [1.29, 1.82) is 0 Å². The smallest absolute Gasteiger partial charge is 0.177 e. The second-order valence-corrected chi connectivity index (χ2v) is 6.35. The van der Waals surface area contributed by atoms with Gasteiger partial charge >= 0.3 is 0 Å². The zero-order chi connectivity index (χ0) is 16.1. The van der Waals surface area contributed by atoms with Crippen LogP contribution in [0.3, 0.4) is 0 Å². The minimum atomic E-state index is 0.134. The maximum Gasteiger partial charge on any atom is 0.177 e. The van der Waals surface area contributed by atoms with E-state index in [0.29, 0.717) is 6.61 Å². The Kier molecular flexibility index (Phi) is 5.85. The third-order valence-corrected chi connectivity index (χ3v) is 4.46. The van der Waals surface area contributed by atoms with Crippen LogP contribution < -0.4 is 5.43 Å². The van der Waals surface area contributed by atoms with Gasteiger partial charge in [-0.2, -0.15) is 5.10 Å². The summed E-state index contributed by atoms with van der Waals surface area (Å²) in [6.07, 6.45) is 1.92. The second kappa shape index (κ2) is 7.65. The lowest BCUT2D eigenvalue weighted by atomic mass is 10.1. The van der Waals surface area contributed by atoms with Gasteiger partial charge in [-0.1, -0.05) is 17.8 Å². The van der Waals surface area contributed by atoms with Crippen LogP contribution in [0.5, 0.6) is 0 Å². The van der Waals surface area contributed by atoms with Crippen LogP contribution in [-0.4, -0.2) is 41.0 Å². The molecular weight excluding hydrogens is 296 g/mol. The quantitative estimate of drug-likeness (QED) is 0.820. The van der Waals surface area contributed by atoms with Gasteiger partial charge in [-0.3, -0.25) is 10.4 Å². The zero-order valence-electron chi connectivity index (χ0n) is 13.7. The Bertz CT molecular complexity index is 604. The molecule has 0 saturated heterocycles. The zero-order valence-corrected chi connectivity index (χ0v) is 14.5. The third-order valence-electron chi connectivity index (χ3n) is 3.57. The molecule has 0 saturated carbocycles. The fourth-order valence-corrected chi connectivity index (χ4v) is 3.36.